The van der Waals surface area contributed by atoms with E-state index >= 15 is 0 Å². The Bertz CT molecular complexity index is 1300. The highest BCUT2D eigenvalue weighted by Gasteiger charge is 2.17. The summed E-state index contributed by atoms with van der Waals surface area (Å²) < 4.78 is 31.4. The molecule has 3 rings (SSSR count). The van der Waals surface area contributed by atoms with E-state index in [4.69, 9.17) is 14.2 Å². The molecule has 0 N–H and O–H groups in total. The van der Waals surface area contributed by atoms with E-state index in [1.807, 2.05) is 19.1 Å². The molecule has 3 aromatic rings. The fraction of sp³-hybridized carbons (Fsp3) is 0.487. The monoisotopic (exact) mass is 618 g/mol. The third kappa shape index (κ3) is 12.7. The van der Waals surface area contributed by atoms with Crippen LogP contribution in [0.5, 0.6) is 11.5 Å². The van der Waals surface area contributed by atoms with Crippen molar-refractivity contribution in [3.8, 4) is 22.6 Å². The second kappa shape index (κ2) is 20.4. The molecule has 5 nitrogen and oxygen atoms in total. The van der Waals surface area contributed by atoms with Crippen LogP contribution in [0.4, 0.5) is 4.39 Å². The maximum Gasteiger partial charge on any atom is 0.346 e. The molecule has 0 aromatic heterocycles. The van der Waals surface area contributed by atoms with Crippen LogP contribution in [0.15, 0.2) is 66.7 Å². The van der Waals surface area contributed by atoms with Gasteiger partial charge in [-0.1, -0.05) is 128 Å². The third-order valence-electron chi connectivity index (χ3n) is 8.15. The van der Waals surface area contributed by atoms with Crippen LogP contribution in [0.3, 0.4) is 0 Å². The first-order chi connectivity index (χ1) is 21.9. The molecule has 0 saturated heterocycles. The van der Waals surface area contributed by atoms with E-state index in [2.05, 4.69) is 13.8 Å². The second-order valence-electron chi connectivity index (χ2n) is 12.0. The summed E-state index contributed by atoms with van der Waals surface area (Å²) >= 11 is 0. The fourth-order valence-electron chi connectivity index (χ4n) is 5.08. The van der Waals surface area contributed by atoms with Crippen LogP contribution in [-0.2, 0) is 4.74 Å². The topological polar surface area (TPSA) is 61.8 Å². The van der Waals surface area contributed by atoms with Crippen molar-refractivity contribution in [2.24, 2.45) is 5.92 Å². The van der Waals surface area contributed by atoms with Crippen molar-refractivity contribution in [1.82, 2.24) is 0 Å². The van der Waals surface area contributed by atoms with Crippen LogP contribution < -0.4 is 9.47 Å². The van der Waals surface area contributed by atoms with Gasteiger partial charge in [0.05, 0.1) is 24.3 Å². The minimum absolute atomic E-state index is 0.161. The molecule has 6 heteroatoms. The summed E-state index contributed by atoms with van der Waals surface area (Å²) in [5.74, 6) is -0.897. The van der Waals surface area contributed by atoms with Gasteiger partial charge in [0.25, 0.3) is 0 Å². The number of benzene rings is 3. The van der Waals surface area contributed by atoms with Crippen LogP contribution in [0.25, 0.3) is 11.1 Å². The van der Waals surface area contributed by atoms with Crippen molar-refractivity contribution in [3.63, 3.8) is 0 Å². The fourth-order valence-corrected chi connectivity index (χ4v) is 5.08. The number of esters is 2. The molecule has 0 fully saturated rings. The van der Waals surface area contributed by atoms with Gasteiger partial charge in [0.15, 0.2) is 0 Å². The molecular formula is C39H51FO5. The molecule has 1 atom stereocenters. The molecule has 0 aliphatic carbocycles. The molecule has 0 spiro atoms. The maximum atomic E-state index is 14.8. The molecule has 0 heterocycles. The van der Waals surface area contributed by atoms with E-state index in [-0.39, 0.29) is 23.2 Å². The number of unbranched alkanes of at least 4 members (excludes halogenated alkanes) is 11. The van der Waals surface area contributed by atoms with Gasteiger partial charge < -0.3 is 14.2 Å². The van der Waals surface area contributed by atoms with Crippen molar-refractivity contribution in [3.05, 3.63) is 83.7 Å². The van der Waals surface area contributed by atoms with Gasteiger partial charge in [0.1, 0.15) is 17.3 Å². The lowest BCUT2D eigenvalue weighted by Crippen LogP contribution is -2.12. The Kier molecular flexibility index (Phi) is 16.2. The second-order valence-corrected chi connectivity index (χ2v) is 12.0. The zero-order valence-electron chi connectivity index (χ0n) is 27.5. The van der Waals surface area contributed by atoms with Gasteiger partial charge in [-0.3, -0.25) is 0 Å². The lowest BCUT2D eigenvalue weighted by atomic mass is 9.99. The minimum Gasteiger partial charge on any atom is -0.493 e. The van der Waals surface area contributed by atoms with Crippen molar-refractivity contribution in [2.45, 2.75) is 104 Å². The Morgan fingerprint density at radius 1 is 0.689 bits per heavy atom. The standard InChI is InChI=1S/C39H51FO5/c1-4-6-7-8-9-10-11-12-13-14-15-18-27-43-33-25-26-36(37(40)28-33)39(42)45-32-23-21-31(22-24-32)34-19-16-17-20-35(34)38(41)44-29-30(3)5-2/h16-17,19-26,28,30H,4-15,18,27,29H2,1-3H3. The summed E-state index contributed by atoms with van der Waals surface area (Å²) in [6.07, 6.45) is 16.1. The average molecular weight is 619 g/mol. The lowest BCUT2D eigenvalue weighted by molar-refractivity contribution is 0.0447. The number of ether oxygens (including phenoxy) is 3. The molecule has 0 amide bonds. The Morgan fingerprint density at radius 2 is 1.29 bits per heavy atom. The van der Waals surface area contributed by atoms with E-state index in [0.29, 0.717) is 24.5 Å². The van der Waals surface area contributed by atoms with Crippen LogP contribution >= 0.6 is 0 Å². The summed E-state index contributed by atoms with van der Waals surface area (Å²) in [6, 6.07) is 18.2. The average Bonchev–Trinajstić information content (AvgIpc) is 3.06. The number of hydrogen-bond donors (Lipinski definition) is 0. The van der Waals surface area contributed by atoms with Gasteiger partial charge in [0.2, 0.25) is 0 Å². The highest BCUT2D eigenvalue weighted by Crippen LogP contribution is 2.27. The Balaban J connectivity index is 1.41. The van der Waals surface area contributed by atoms with Crippen molar-refractivity contribution in [2.75, 3.05) is 13.2 Å². The van der Waals surface area contributed by atoms with Gasteiger partial charge >= 0.3 is 11.9 Å². The summed E-state index contributed by atoms with van der Waals surface area (Å²) in [5.41, 5.74) is 1.79. The highest BCUT2D eigenvalue weighted by molar-refractivity contribution is 5.97. The van der Waals surface area contributed by atoms with Gasteiger partial charge in [0, 0.05) is 6.07 Å². The molecule has 0 saturated carbocycles. The number of rotatable bonds is 21. The summed E-state index contributed by atoms with van der Waals surface area (Å²) in [5, 5.41) is 0. The molecule has 45 heavy (non-hydrogen) atoms. The van der Waals surface area contributed by atoms with Crippen molar-refractivity contribution < 1.29 is 28.2 Å². The normalized spacial score (nSPS) is 11.6. The van der Waals surface area contributed by atoms with E-state index in [1.165, 1.54) is 76.3 Å². The Morgan fingerprint density at radius 3 is 1.91 bits per heavy atom. The van der Waals surface area contributed by atoms with Gasteiger partial charge in [-0.2, -0.15) is 0 Å². The van der Waals surface area contributed by atoms with Crippen LogP contribution in [0, 0.1) is 11.7 Å². The predicted octanol–water partition coefficient (Wildman–Crippen LogP) is 11.0. The van der Waals surface area contributed by atoms with Crippen LogP contribution in [0.1, 0.15) is 125 Å². The maximum absolute atomic E-state index is 14.8. The summed E-state index contributed by atoms with van der Waals surface area (Å²) in [6.45, 7) is 7.22. The predicted molar refractivity (Wildman–Crippen MR) is 180 cm³/mol. The van der Waals surface area contributed by atoms with Crippen molar-refractivity contribution in [1.29, 1.82) is 0 Å². The molecule has 3 aromatic carbocycles. The molecule has 0 radical (unpaired) electrons. The zero-order valence-corrected chi connectivity index (χ0v) is 27.5. The van der Waals surface area contributed by atoms with E-state index in [1.54, 1.807) is 42.5 Å². The van der Waals surface area contributed by atoms with Gasteiger partial charge in [-0.25, -0.2) is 14.0 Å². The van der Waals surface area contributed by atoms with Gasteiger partial charge in [-0.05, 0) is 53.8 Å². The Hall–Kier alpha value is -3.67. The smallest absolute Gasteiger partial charge is 0.346 e. The summed E-state index contributed by atoms with van der Waals surface area (Å²) in [4.78, 5) is 25.4. The zero-order chi connectivity index (χ0) is 32.3. The number of carbonyl (C=O) groups excluding carboxylic acids is 2. The molecule has 0 aliphatic rings. The largest absolute Gasteiger partial charge is 0.493 e. The number of carbonyl (C=O) groups is 2. The number of halogens is 1. The molecule has 244 valence electrons. The Labute approximate surface area is 269 Å². The SMILES string of the molecule is CCCCCCCCCCCCCCOc1ccc(C(=O)Oc2ccc(-c3ccccc3C(=O)OCC(C)CC)cc2)c(F)c1. The van der Waals surface area contributed by atoms with E-state index in [0.717, 1.165) is 30.4 Å². The highest BCUT2D eigenvalue weighted by atomic mass is 19.1. The van der Waals surface area contributed by atoms with Gasteiger partial charge in [-0.15, -0.1) is 0 Å². The first-order valence-corrected chi connectivity index (χ1v) is 16.9. The quantitative estimate of drug-likeness (QED) is 0.0675. The third-order valence-corrected chi connectivity index (χ3v) is 8.15. The molecule has 1 unspecified atom stereocenters. The van der Waals surface area contributed by atoms with E-state index in [9.17, 15) is 14.0 Å². The first kappa shape index (κ1) is 35.8. The van der Waals surface area contributed by atoms with Crippen molar-refractivity contribution >= 4 is 11.9 Å². The van der Waals surface area contributed by atoms with Crippen LogP contribution in [0.2, 0.25) is 0 Å². The lowest BCUT2D eigenvalue weighted by Gasteiger charge is -2.13. The summed E-state index contributed by atoms with van der Waals surface area (Å²) in [7, 11) is 0. The van der Waals surface area contributed by atoms with E-state index < -0.39 is 11.8 Å². The molecule has 0 bridgehead atoms. The van der Waals surface area contributed by atoms with Crippen LogP contribution in [-0.4, -0.2) is 25.2 Å². The first-order valence-electron chi connectivity index (χ1n) is 16.9. The number of hydrogen-bond acceptors (Lipinski definition) is 5. The minimum atomic E-state index is -0.790. The molecular weight excluding hydrogens is 567 g/mol. The molecule has 0 aliphatic heterocycles.